The fraction of sp³-hybridized carbons (Fsp3) is 0.458. The molecule has 1 aliphatic heterocycles. The maximum Gasteiger partial charge on any atom is 0.169 e. The number of nitrogens with zero attached hydrogens (tertiary/aromatic N) is 2. The fourth-order valence-corrected chi connectivity index (χ4v) is 3.88. The minimum atomic E-state index is 0.853. The monoisotopic (exact) mass is 411 g/mol. The summed E-state index contributed by atoms with van der Waals surface area (Å²) in [5, 5.41) is 4.34. The number of benzene rings is 2. The largest absolute Gasteiger partial charge is 0.379 e. The fourth-order valence-electron chi connectivity index (χ4n) is 3.63. The topological polar surface area (TPSA) is 27.7 Å². The van der Waals surface area contributed by atoms with E-state index < -0.39 is 0 Å². The number of nitrogens with one attached hydrogen (secondary N) is 1. The Morgan fingerprint density at radius 2 is 1.79 bits per heavy atom. The zero-order chi connectivity index (χ0) is 20.3. The zero-order valence-corrected chi connectivity index (χ0v) is 18.3. The molecule has 2 aromatic carbocycles. The molecule has 0 saturated carbocycles. The van der Waals surface area contributed by atoms with E-state index in [-0.39, 0.29) is 0 Å². The molecular formula is C24H33N3OS. The van der Waals surface area contributed by atoms with E-state index in [2.05, 4.69) is 76.6 Å². The lowest BCUT2D eigenvalue weighted by Crippen LogP contribution is -2.42. The summed E-state index contributed by atoms with van der Waals surface area (Å²) in [6, 6.07) is 19.1. The van der Waals surface area contributed by atoms with Crippen molar-refractivity contribution in [3.05, 3.63) is 71.3 Å². The molecule has 4 nitrogen and oxygen atoms in total. The van der Waals surface area contributed by atoms with Gasteiger partial charge in [0.05, 0.1) is 13.2 Å². The van der Waals surface area contributed by atoms with Gasteiger partial charge in [0.1, 0.15) is 0 Å². The molecule has 1 aliphatic rings. The van der Waals surface area contributed by atoms with Crippen molar-refractivity contribution in [1.29, 1.82) is 0 Å². The summed E-state index contributed by atoms with van der Waals surface area (Å²) in [6.45, 7) is 9.73. The second-order valence-electron chi connectivity index (χ2n) is 7.62. The molecule has 0 amide bonds. The number of thiocarbonyl (C=S) groups is 1. The third-order valence-corrected chi connectivity index (χ3v) is 5.85. The van der Waals surface area contributed by atoms with Crippen LogP contribution in [0.2, 0.25) is 0 Å². The van der Waals surface area contributed by atoms with Crippen LogP contribution in [-0.2, 0) is 17.7 Å². The number of hydrogen-bond donors (Lipinski definition) is 1. The minimum absolute atomic E-state index is 0.853. The third-order valence-electron chi connectivity index (χ3n) is 5.45. The van der Waals surface area contributed by atoms with Crippen LogP contribution in [0.5, 0.6) is 0 Å². The first-order valence-corrected chi connectivity index (χ1v) is 11.0. The maximum atomic E-state index is 5.78. The average Bonchev–Trinajstić information content (AvgIpc) is 2.76. The molecular weight excluding hydrogens is 378 g/mol. The van der Waals surface area contributed by atoms with Crippen molar-refractivity contribution >= 4 is 17.3 Å². The highest BCUT2D eigenvalue weighted by atomic mass is 32.1. The number of aryl methyl sites for hydroxylation is 1. The number of hydrogen-bond acceptors (Lipinski definition) is 3. The lowest BCUT2D eigenvalue weighted by atomic mass is 10.1. The van der Waals surface area contributed by atoms with E-state index in [1.54, 1.807) is 0 Å². The molecule has 2 aromatic rings. The Labute approximate surface area is 180 Å². The van der Waals surface area contributed by atoms with Gasteiger partial charge in [-0.05, 0) is 48.7 Å². The lowest BCUT2D eigenvalue weighted by Gasteiger charge is -2.30. The Morgan fingerprint density at radius 1 is 1.07 bits per heavy atom. The van der Waals surface area contributed by atoms with Gasteiger partial charge in [0, 0.05) is 39.3 Å². The summed E-state index contributed by atoms with van der Waals surface area (Å²) in [7, 11) is 0. The van der Waals surface area contributed by atoms with Gasteiger partial charge in [0.15, 0.2) is 5.11 Å². The minimum Gasteiger partial charge on any atom is -0.379 e. The van der Waals surface area contributed by atoms with Crippen LogP contribution in [0.4, 0.5) is 0 Å². The van der Waals surface area contributed by atoms with E-state index in [9.17, 15) is 0 Å². The third kappa shape index (κ3) is 7.42. The average molecular weight is 412 g/mol. The first-order valence-electron chi connectivity index (χ1n) is 10.6. The molecule has 5 heteroatoms. The summed E-state index contributed by atoms with van der Waals surface area (Å²) in [5.74, 6) is 0. The Hall–Kier alpha value is -1.95. The molecule has 0 spiro atoms. The van der Waals surface area contributed by atoms with Crippen LogP contribution in [0.1, 0.15) is 23.1 Å². The van der Waals surface area contributed by atoms with Crippen LogP contribution in [0.15, 0.2) is 54.6 Å². The van der Waals surface area contributed by atoms with Gasteiger partial charge in [0.2, 0.25) is 0 Å². The zero-order valence-electron chi connectivity index (χ0n) is 17.5. The predicted molar refractivity (Wildman–Crippen MR) is 124 cm³/mol. The summed E-state index contributed by atoms with van der Waals surface area (Å²) < 4.78 is 5.46. The van der Waals surface area contributed by atoms with E-state index in [1.807, 2.05) is 0 Å². The van der Waals surface area contributed by atoms with Gasteiger partial charge in [0.25, 0.3) is 0 Å². The molecule has 156 valence electrons. The number of ether oxygens (including phenoxy) is 1. The molecule has 1 heterocycles. The van der Waals surface area contributed by atoms with Gasteiger partial charge >= 0.3 is 0 Å². The molecule has 3 rings (SSSR count). The number of rotatable bonds is 9. The molecule has 1 N–H and O–H groups in total. The SMILES string of the molecule is Cc1ccccc1CN(CCCN1CCOCC1)C(=S)NCCc1ccccc1. The summed E-state index contributed by atoms with van der Waals surface area (Å²) in [4.78, 5) is 4.81. The van der Waals surface area contributed by atoms with Crippen LogP contribution in [0.3, 0.4) is 0 Å². The van der Waals surface area contributed by atoms with Crippen molar-refractivity contribution in [1.82, 2.24) is 15.1 Å². The van der Waals surface area contributed by atoms with Crippen LogP contribution >= 0.6 is 12.2 Å². The number of morpholine rings is 1. The summed E-state index contributed by atoms with van der Waals surface area (Å²) in [6.07, 6.45) is 2.08. The summed E-state index contributed by atoms with van der Waals surface area (Å²) in [5.41, 5.74) is 3.99. The van der Waals surface area contributed by atoms with Crippen LogP contribution in [0.25, 0.3) is 0 Å². The van der Waals surface area contributed by atoms with Crippen molar-refractivity contribution < 1.29 is 4.74 Å². The van der Waals surface area contributed by atoms with Crippen molar-refractivity contribution in [2.45, 2.75) is 26.3 Å². The van der Waals surface area contributed by atoms with E-state index >= 15 is 0 Å². The Morgan fingerprint density at radius 3 is 2.55 bits per heavy atom. The Balaban J connectivity index is 1.53. The van der Waals surface area contributed by atoms with Crippen LogP contribution in [-0.4, -0.2) is 60.8 Å². The molecule has 29 heavy (non-hydrogen) atoms. The van der Waals surface area contributed by atoms with Gasteiger partial charge in [-0.25, -0.2) is 0 Å². The van der Waals surface area contributed by atoms with E-state index in [0.717, 1.165) is 70.4 Å². The van der Waals surface area contributed by atoms with Crippen LogP contribution < -0.4 is 5.32 Å². The van der Waals surface area contributed by atoms with E-state index in [4.69, 9.17) is 17.0 Å². The molecule has 0 atom stereocenters. The van der Waals surface area contributed by atoms with Gasteiger partial charge in [-0.3, -0.25) is 4.90 Å². The highest BCUT2D eigenvalue weighted by Gasteiger charge is 2.14. The van der Waals surface area contributed by atoms with Gasteiger partial charge < -0.3 is 15.0 Å². The highest BCUT2D eigenvalue weighted by Crippen LogP contribution is 2.12. The van der Waals surface area contributed by atoms with E-state index in [1.165, 1.54) is 16.7 Å². The standard InChI is InChI=1S/C24H33N3OS/c1-21-8-5-6-11-23(21)20-27(15-7-14-26-16-18-28-19-17-26)24(29)25-13-12-22-9-3-2-4-10-22/h2-6,8-11H,7,12-20H2,1H3,(H,25,29). The van der Waals surface area contributed by atoms with Gasteiger partial charge in [-0.1, -0.05) is 54.6 Å². The predicted octanol–water partition coefficient (Wildman–Crippen LogP) is 3.64. The smallest absolute Gasteiger partial charge is 0.169 e. The Bertz CT molecular complexity index is 747. The summed E-state index contributed by atoms with van der Waals surface area (Å²) >= 11 is 5.78. The van der Waals surface area contributed by atoms with Crippen LogP contribution in [0, 0.1) is 6.92 Å². The maximum absolute atomic E-state index is 5.78. The molecule has 0 aliphatic carbocycles. The van der Waals surface area contributed by atoms with E-state index in [0.29, 0.717) is 0 Å². The second-order valence-corrected chi connectivity index (χ2v) is 8.01. The first-order chi connectivity index (χ1) is 14.2. The molecule has 1 saturated heterocycles. The lowest BCUT2D eigenvalue weighted by molar-refractivity contribution is 0.0367. The van der Waals surface area contributed by atoms with Crippen molar-refractivity contribution in [3.8, 4) is 0 Å². The molecule has 0 aromatic heterocycles. The van der Waals surface area contributed by atoms with Crippen molar-refractivity contribution in [3.63, 3.8) is 0 Å². The molecule has 0 radical (unpaired) electrons. The quantitative estimate of drug-likeness (QED) is 0.636. The molecule has 0 unspecified atom stereocenters. The molecule has 0 bridgehead atoms. The first kappa shape index (κ1) is 21.8. The van der Waals surface area contributed by atoms with Crippen molar-refractivity contribution in [2.24, 2.45) is 0 Å². The highest BCUT2D eigenvalue weighted by molar-refractivity contribution is 7.80. The Kier molecular flexibility index (Phi) is 8.93. The van der Waals surface area contributed by atoms with Gasteiger partial charge in [-0.2, -0.15) is 0 Å². The normalized spacial score (nSPS) is 14.5. The molecule has 1 fully saturated rings. The van der Waals surface area contributed by atoms with Gasteiger partial charge in [-0.15, -0.1) is 0 Å². The second kappa shape index (κ2) is 11.9. The van der Waals surface area contributed by atoms with Crippen molar-refractivity contribution in [2.75, 3.05) is 45.9 Å².